The Morgan fingerprint density at radius 2 is 0.538 bits per heavy atom. The zero-order chi connectivity index (χ0) is 30.3. The van der Waals surface area contributed by atoms with Crippen LogP contribution in [0.1, 0.15) is 122 Å². The molecule has 2 nitrogen and oxygen atoms in total. The van der Waals surface area contributed by atoms with E-state index in [1.165, 1.54) is 60.2 Å². The lowest BCUT2D eigenvalue weighted by Gasteiger charge is -2.08. The first-order valence-corrected chi connectivity index (χ1v) is 19.7. The maximum Gasteiger partial charge on any atom is 0.0700 e. The Morgan fingerprint density at radius 3 is 0.769 bits per heavy atom. The average molecular weight is 611 g/mol. The summed E-state index contributed by atoms with van der Waals surface area (Å²) < 4.78 is 10.9. The molecule has 0 aromatic heterocycles. The van der Waals surface area contributed by atoms with Crippen molar-refractivity contribution in [1.82, 2.24) is 0 Å². The van der Waals surface area contributed by atoms with Crippen LogP contribution >= 0.6 is 35.3 Å². The van der Waals surface area contributed by atoms with Gasteiger partial charge in [-0.05, 0) is 97.0 Å². The molecular formula is C34H74O2S3. The van der Waals surface area contributed by atoms with Crippen LogP contribution in [0, 0.1) is 35.5 Å². The predicted molar refractivity (Wildman–Crippen MR) is 190 cm³/mol. The monoisotopic (exact) mass is 610 g/mol. The molecule has 0 aromatic carbocycles. The van der Waals surface area contributed by atoms with Crippen molar-refractivity contribution in [3.05, 3.63) is 0 Å². The molecule has 0 radical (unpaired) electrons. The second-order valence-electron chi connectivity index (χ2n) is 13.2. The van der Waals surface area contributed by atoms with Crippen LogP contribution in [0.4, 0.5) is 0 Å². The molecule has 0 amide bonds. The van der Waals surface area contributed by atoms with Gasteiger partial charge in [0.05, 0.1) is 13.2 Å². The van der Waals surface area contributed by atoms with E-state index in [4.69, 9.17) is 9.47 Å². The van der Waals surface area contributed by atoms with E-state index >= 15 is 0 Å². The molecule has 0 rings (SSSR count). The van der Waals surface area contributed by atoms with Crippen molar-refractivity contribution in [3.8, 4) is 0 Å². The first-order chi connectivity index (χ1) is 18.4. The Bertz CT molecular complexity index is 361. The lowest BCUT2D eigenvalue weighted by atomic mass is 10.1. The van der Waals surface area contributed by atoms with Crippen molar-refractivity contribution in [2.75, 3.05) is 60.9 Å². The van der Waals surface area contributed by atoms with Crippen LogP contribution in [0.5, 0.6) is 0 Å². The fraction of sp³-hybridized carbons (Fsp3) is 1.00. The van der Waals surface area contributed by atoms with Crippen molar-refractivity contribution in [1.29, 1.82) is 0 Å². The van der Waals surface area contributed by atoms with Gasteiger partial charge in [-0.2, -0.15) is 35.3 Å². The zero-order valence-corrected chi connectivity index (χ0v) is 31.3. The first-order valence-electron chi connectivity index (χ1n) is 16.3. The largest absolute Gasteiger partial charge is 0.379 e. The van der Waals surface area contributed by atoms with Crippen LogP contribution < -0.4 is 0 Å². The van der Waals surface area contributed by atoms with Gasteiger partial charge in [-0.3, -0.25) is 0 Å². The van der Waals surface area contributed by atoms with Gasteiger partial charge in [0.25, 0.3) is 0 Å². The maximum atomic E-state index is 5.43. The summed E-state index contributed by atoms with van der Waals surface area (Å²) in [4.78, 5) is 0. The van der Waals surface area contributed by atoms with E-state index in [0.29, 0.717) is 0 Å². The van der Waals surface area contributed by atoms with Gasteiger partial charge in [-0.25, -0.2) is 0 Å². The average Bonchev–Trinajstić information content (AvgIpc) is 2.82. The third kappa shape index (κ3) is 55.5. The molecule has 0 aliphatic heterocycles. The van der Waals surface area contributed by atoms with Crippen molar-refractivity contribution >= 4 is 35.3 Å². The summed E-state index contributed by atoms with van der Waals surface area (Å²) in [5, 5.41) is 0. The van der Waals surface area contributed by atoms with E-state index in [9.17, 15) is 0 Å². The topological polar surface area (TPSA) is 18.5 Å². The van der Waals surface area contributed by atoms with E-state index in [1.807, 2.05) is 0 Å². The SMILES string of the molecule is CC(C)CCOCCOCCC(C)C.CC(C)CCSCCC(C)C.CC(C)CCSCCSCCC(C)C. The minimum absolute atomic E-state index is 0.733. The fourth-order valence-electron chi connectivity index (χ4n) is 2.66. The lowest BCUT2D eigenvalue weighted by molar-refractivity contribution is 0.0405. The van der Waals surface area contributed by atoms with Crippen LogP contribution in [0.25, 0.3) is 0 Å². The maximum absolute atomic E-state index is 5.43. The van der Waals surface area contributed by atoms with Crippen molar-refractivity contribution in [2.24, 2.45) is 35.5 Å². The van der Waals surface area contributed by atoms with E-state index in [-0.39, 0.29) is 0 Å². The van der Waals surface area contributed by atoms with Crippen molar-refractivity contribution < 1.29 is 9.47 Å². The molecule has 5 heteroatoms. The number of ether oxygens (including phenoxy) is 2. The van der Waals surface area contributed by atoms with E-state index in [2.05, 4.69) is 118 Å². The number of thioether (sulfide) groups is 3. The molecule has 0 aliphatic carbocycles. The van der Waals surface area contributed by atoms with Crippen molar-refractivity contribution in [3.63, 3.8) is 0 Å². The Kier molecular flexibility index (Phi) is 40.0. The number of hydrogen-bond donors (Lipinski definition) is 0. The van der Waals surface area contributed by atoms with Crippen molar-refractivity contribution in [2.45, 2.75) is 122 Å². The second kappa shape index (κ2) is 35.2. The molecule has 0 atom stereocenters. The van der Waals surface area contributed by atoms with Gasteiger partial charge in [0.15, 0.2) is 0 Å². The molecule has 0 saturated carbocycles. The van der Waals surface area contributed by atoms with Crippen LogP contribution in [0.2, 0.25) is 0 Å². The number of rotatable bonds is 24. The van der Waals surface area contributed by atoms with E-state index in [1.54, 1.807) is 0 Å². The standard InChI is InChI=1S/C12H26O2.C12H26S2.C10H22S/c2*1-11(2)5-7-13-9-10-14-8-6-12(3)4;1-9(2)5-7-11-8-6-10(3)4/h2*11-12H,5-10H2,1-4H3;9-10H,5-8H2,1-4H3. The van der Waals surface area contributed by atoms with Gasteiger partial charge in [0.2, 0.25) is 0 Å². The quantitative estimate of drug-likeness (QED) is 0.101. The molecule has 240 valence electrons. The third-order valence-electron chi connectivity index (χ3n) is 5.78. The molecular weight excluding hydrogens is 537 g/mol. The molecule has 0 aromatic rings. The Hall–Kier alpha value is 0.970. The van der Waals surface area contributed by atoms with Crippen LogP contribution in [0.15, 0.2) is 0 Å². The fourth-order valence-corrected chi connectivity index (χ4v) is 6.77. The molecule has 39 heavy (non-hydrogen) atoms. The van der Waals surface area contributed by atoms with Gasteiger partial charge >= 0.3 is 0 Å². The van der Waals surface area contributed by atoms with Gasteiger partial charge in [-0.1, -0.05) is 83.1 Å². The summed E-state index contributed by atoms with van der Waals surface area (Å²) in [7, 11) is 0. The van der Waals surface area contributed by atoms with Crippen LogP contribution in [-0.2, 0) is 9.47 Å². The Balaban J connectivity index is -0.000000503. The minimum atomic E-state index is 0.733. The van der Waals surface area contributed by atoms with Crippen LogP contribution in [0.3, 0.4) is 0 Å². The Labute approximate surface area is 261 Å². The van der Waals surface area contributed by atoms with Crippen LogP contribution in [-0.4, -0.2) is 60.9 Å². The molecule has 0 N–H and O–H groups in total. The lowest BCUT2D eigenvalue weighted by Crippen LogP contribution is -2.08. The molecule has 0 heterocycles. The second-order valence-corrected chi connectivity index (χ2v) is 16.8. The van der Waals surface area contributed by atoms with Gasteiger partial charge < -0.3 is 9.47 Å². The molecule has 0 fully saturated rings. The highest BCUT2D eigenvalue weighted by Gasteiger charge is 1.98. The Morgan fingerprint density at radius 1 is 0.308 bits per heavy atom. The predicted octanol–water partition coefficient (Wildman–Crippen LogP) is 11.5. The highest BCUT2D eigenvalue weighted by Crippen LogP contribution is 2.14. The normalized spacial score (nSPS) is 11.5. The molecule has 0 bridgehead atoms. The van der Waals surface area contributed by atoms with E-state index in [0.717, 1.165) is 74.8 Å². The highest BCUT2D eigenvalue weighted by molar-refractivity contribution is 8.02. The van der Waals surface area contributed by atoms with Gasteiger partial charge in [0, 0.05) is 24.7 Å². The van der Waals surface area contributed by atoms with E-state index < -0.39 is 0 Å². The summed E-state index contributed by atoms with van der Waals surface area (Å²) in [6.45, 7) is 30.5. The smallest absolute Gasteiger partial charge is 0.0700 e. The summed E-state index contributed by atoms with van der Waals surface area (Å²) in [5.74, 6) is 13.0. The summed E-state index contributed by atoms with van der Waals surface area (Å²) in [6, 6.07) is 0. The first kappa shape index (κ1) is 44.4. The molecule has 0 spiro atoms. The summed E-state index contributed by atoms with van der Waals surface area (Å²) in [6.07, 6.45) is 7.80. The number of hydrogen-bond acceptors (Lipinski definition) is 5. The summed E-state index contributed by atoms with van der Waals surface area (Å²) >= 11 is 6.35. The molecule has 0 saturated heterocycles. The highest BCUT2D eigenvalue weighted by atomic mass is 32.2. The van der Waals surface area contributed by atoms with Gasteiger partial charge in [-0.15, -0.1) is 0 Å². The third-order valence-corrected chi connectivity index (χ3v) is 9.12. The molecule has 0 aliphatic rings. The van der Waals surface area contributed by atoms with Gasteiger partial charge in [0.1, 0.15) is 0 Å². The summed E-state index contributed by atoms with van der Waals surface area (Å²) in [5.41, 5.74) is 0. The minimum Gasteiger partial charge on any atom is -0.379 e. The zero-order valence-electron chi connectivity index (χ0n) is 28.8. The molecule has 0 unspecified atom stereocenters.